The quantitative estimate of drug-likeness (QED) is 0.621. The zero-order valence-electron chi connectivity index (χ0n) is 9.62. The van der Waals surface area contributed by atoms with Crippen LogP contribution in [0.5, 0.6) is 5.75 Å². The van der Waals surface area contributed by atoms with Crippen LogP contribution >= 0.6 is 15.9 Å². The second kappa shape index (κ2) is 7.90. The van der Waals surface area contributed by atoms with E-state index in [4.69, 9.17) is 4.74 Å². The second-order valence-corrected chi connectivity index (χ2v) is 4.40. The molecule has 1 N–H and O–H groups in total. The molecule has 0 aliphatic heterocycles. The van der Waals surface area contributed by atoms with Gasteiger partial charge in [-0.15, -0.1) is 6.58 Å². The van der Waals surface area contributed by atoms with Gasteiger partial charge in [0.15, 0.2) is 0 Å². The minimum atomic E-state index is 0.00367. The fourth-order valence-corrected chi connectivity index (χ4v) is 1.46. The monoisotopic (exact) mass is 297 g/mol. The van der Waals surface area contributed by atoms with Crippen molar-refractivity contribution in [3.8, 4) is 5.75 Å². The van der Waals surface area contributed by atoms with Crippen molar-refractivity contribution in [1.29, 1.82) is 0 Å². The molecule has 1 rings (SSSR count). The second-order valence-electron chi connectivity index (χ2n) is 3.48. The van der Waals surface area contributed by atoms with Crippen LogP contribution in [0.3, 0.4) is 0 Å². The number of ether oxygens (including phenoxy) is 1. The summed E-state index contributed by atoms with van der Waals surface area (Å²) in [5.41, 5.74) is 0. The van der Waals surface area contributed by atoms with Crippen molar-refractivity contribution in [3.63, 3.8) is 0 Å². The third kappa shape index (κ3) is 6.12. The Morgan fingerprint density at radius 2 is 2.12 bits per heavy atom. The molecule has 4 heteroatoms. The third-order valence-corrected chi connectivity index (χ3v) is 2.61. The first-order valence-electron chi connectivity index (χ1n) is 5.48. The van der Waals surface area contributed by atoms with Gasteiger partial charge in [0, 0.05) is 11.0 Å². The van der Waals surface area contributed by atoms with Gasteiger partial charge in [-0.2, -0.15) is 0 Å². The molecule has 1 aromatic carbocycles. The molecule has 1 aromatic rings. The van der Waals surface area contributed by atoms with Gasteiger partial charge in [0.1, 0.15) is 5.75 Å². The van der Waals surface area contributed by atoms with Gasteiger partial charge in [-0.25, -0.2) is 0 Å². The van der Waals surface area contributed by atoms with Gasteiger partial charge in [-0.1, -0.05) is 22.0 Å². The van der Waals surface area contributed by atoms with Crippen molar-refractivity contribution < 1.29 is 9.53 Å². The van der Waals surface area contributed by atoms with E-state index >= 15 is 0 Å². The molecule has 17 heavy (non-hydrogen) atoms. The number of nitrogens with one attached hydrogen (secondary N) is 1. The molecule has 1 amide bonds. The lowest BCUT2D eigenvalue weighted by Crippen LogP contribution is -2.25. The molecular formula is C13H16BrNO2. The van der Waals surface area contributed by atoms with Crippen LogP contribution in [0.2, 0.25) is 0 Å². The fraction of sp³-hybridized carbons (Fsp3) is 0.308. The minimum absolute atomic E-state index is 0.00367. The summed E-state index contributed by atoms with van der Waals surface area (Å²) in [6.07, 6.45) is 2.94. The molecule has 3 nitrogen and oxygen atoms in total. The lowest BCUT2D eigenvalue weighted by molar-refractivity contribution is -0.121. The van der Waals surface area contributed by atoms with Crippen molar-refractivity contribution in [1.82, 2.24) is 5.32 Å². The highest BCUT2D eigenvalue weighted by atomic mass is 79.9. The maximum atomic E-state index is 11.3. The van der Waals surface area contributed by atoms with Crippen molar-refractivity contribution in [2.45, 2.75) is 12.8 Å². The summed E-state index contributed by atoms with van der Waals surface area (Å²) in [7, 11) is 0. The summed E-state index contributed by atoms with van der Waals surface area (Å²) in [4.78, 5) is 11.3. The Balaban J connectivity index is 2.16. The molecule has 0 spiro atoms. The number of halogens is 1. The van der Waals surface area contributed by atoms with E-state index in [9.17, 15) is 4.79 Å². The van der Waals surface area contributed by atoms with E-state index in [-0.39, 0.29) is 5.91 Å². The van der Waals surface area contributed by atoms with Crippen LogP contribution in [0, 0.1) is 0 Å². The Hall–Kier alpha value is -1.29. The summed E-state index contributed by atoms with van der Waals surface area (Å²) in [5, 5.41) is 2.78. The smallest absolute Gasteiger partial charge is 0.223 e. The van der Waals surface area contributed by atoms with Crippen LogP contribution in [0.15, 0.2) is 41.4 Å². The van der Waals surface area contributed by atoms with Gasteiger partial charge >= 0.3 is 0 Å². The van der Waals surface area contributed by atoms with Crippen LogP contribution in [-0.2, 0) is 4.79 Å². The largest absolute Gasteiger partial charge is 0.493 e. The van der Waals surface area contributed by atoms with E-state index in [1.807, 2.05) is 24.3 Å². The molecule has 0 aliphatic rings. The Morgan fingerprint density at radius 1 is 1.41 bits per heavy atom. The molecule has 92 valence electrons. The van der Waals surface area contributed by atoms with Crippen LogP contribution in [0.4, 0.5) is 0 Å². The van der Waals surface area contributed by atoms with Crippen molar-refractivity contribution in [2.24, 2.45) is 0 Å². The molecule has 0 unspecified atom stereocenters. The molecule has 0 atom stereocenters. The highest BCUT2D eigenvalue weighted by Gasteiger charge is 2.00. The SMILES string of the molecule is C=CCCNC(=O)CCOc1ccc(Br)cc1. The zero-order chi connectivity index (χ0) is 12.5. The van der Waals surface area contributed by atoms with E-state index < -0.39 is 0 Å². The standard InChI is InChI=1S/C13H16BrNO2/c1-2-3-9-15-13(16)8-10-17-12-6-4-11(14)5-7-12/h2,4-7H,1,3,8-10H2,(H,15,16). The van der Waals surface area contributed by atoms with Crippen molar-refractivity contribution in [3.05, 3.63) is 41.4 Å². The molecule has 0 saturated heterocycles. The predicted molar refractivity (Wildman–Crippen MR) is 72.1 cm³/mol. The van der Waals surface area contributed by atoms with Gasteiger partial charge < -0.3 is 10.1 Å². The number of hydrogen-bond donors (Lipinski definition) is 1. The maximum Gasteiger partial charge on any atom is 0.223 e. The lowest BCUT2D eigenvalue weighted by atomic mass is 10.3. The fourth-order valence-electron chi connectivity index (χ4n) is 1.19. The first-order chi connectivity index (χ1) is 8.22. The number of carbonyl (C=O) groups excluding carboxylic acids is 1. The van der Waals surface area contributed by atoms with Gasteiger partial charge in [-0.05, 0) is 30.7 Å². The molecule has 0 bridgehead atoms. The van der Waals surface area contributed by atoms with Crippen molar-refractivity contribution >= 4 is 21.8 Å². The van der Waals surface area contributed by atoms with Crippen LogP contribution < -0.4 is 10.1 Å². The first kappa shape index (κ1) is 13.8. The zero-order valence-corrected chi connectivity index (χ0v) is 11.2. The van der Waals surface area contributed by atoms with Crippen molar-refractivity contribution in [2.75, 3.05) is 13.2 Å². The Labute approximate surface area is 110 Å². The van der Waals surface area contributed by atoms with Crippen LogP contribution in [0.1, 0.15) is 12.8 Å². The number of benzene rings is 1. The topological polar surface area (TPSA) is 38.3 Å². The van der Waals surface area contributed by atoms with E-state index in [1.54, 1.807) is 6.08 Å². The summed E-state index contributed by atoms with van der Waals surface area (Å²) in [6.45, 7) is 4.62. The van der Waals surface area contributed by atoms with Gasteiger partial charge in [0.25, 0.3) is 0 Å². The summed E-state index contributed by atoms with van der Waals surface area (Å²) >= 11 is 3.34. The average Bonchev–Trinajstić information content (AvgIpc) is 2.32. The molecular weight excluding hydrogens is 282 g/mol. The van der Waals surface area contributed by atoms with Crippen LogP contribution in [0.25, 0.3) is 0 Å². The number of hydrogen-bond acceptors (Lipinski definition) is 2. The summed E-state index contributed by atoms with van der Waals surface area (Å²) in [6, 6.07) is 7.53. The van der Waals surface area contributed by atoms with E-state index in [2.05, 4.69) is 27.8 Å². The maximum absolute atomic E-state index is 11.3. The Kier molecular flexibility index (Phi) is 6.40. The molecule has 0 fully saturated rings. The van der Waals surface area contributed by atoms with Gasteiger partial charge in [0.05, 0.1) is 13.0 Å². The minimum Gasteiger partial charge on any atom is -0.493 e. The highest BCUT2D eigenvalue weighted by molar-refractivity contribution is 9.10. The Morgan fingerprint density at radius 3 is 2.76 bits per heavy atom. The molecule has 0 aromatic heterocycles. The van der Waals surface area contributed by atoms with Gasteiger partial charge in [-0.3, -0.25) is 4.79 Å². The van der Waals surface area contributed by atoms with E-state index in [0.29, 0.717) is 19.6 Å². The molecule has 0 heterocycles. The summed E-state index contributed by atoms with van der Waals surface area (Å²) < 4.78 is 6.44. The molecule has 0 saturated carbocycles. The normalized spacial score (nSPS) is 9.71. The predicted octanol–water partition coefficient (Wildman–Crippen LogP) is 2.91. The Bertz CT molecular complexity index is 362. The van der Waals surface area contributed by atoms with Gasteiger partial charge in [0.2, 0.25) is 5.91 Å². The van der Waals surface area contributed by atoms with E-state index in [0.717, 1.165) is 16.6 Å². The third-order valence-electron chi connectivity index (χ3n) is 2.08. The van der Waals surface area contributed by atoms with Crippen LogP contribution in [-0.4, -0.2) is 19.1 Å². The molecule has 0 aliphatic carbocycles. The highest BCUT2D eigenvalue weighted by Crippen LogP contribution is 2.15. The number of amides is 1. The lowest BCUT2D eigenvalue weighted by Gasteiger charge is -2.06. The molecule has 0 radical (unpaired) electrons. The number of carbonyl (C=O) groups is 1. The number of rotatable bonds is 7. The van der Waals surface area contributed by atoms with E-state index in [1.165, 1.54) is 0 Å². The first-order valence-corrected chi connectivity index (χ1v) is 6.27. The average molecular weight is 298 g/mol. The summed E-state index contributed by atoms with van der Waals surface area (Å²) in [5.74, 6) is 0.774.